The maximum absolute atomic E-state index is 5.63. The number of nitrogens with two attached hydrogens (primary N) is 1. The number of rotatable bonds is 4. The largest absolute Gasteiger partial charge is 0.271 e. The molecule has 3 N–H and O–H groups in total. The standard InChI is InChI=1S/C11H17N5S/c1-7-4-10(17-8(7)2)9(15-12)5-11-13-6-14-16(11)3/h4,6,9,15H,5,12H2,1-3H3. The van der Waals surface area contributed by atoms with E-state index < -0.39 is 0 Å². The Balaban J connectivity index is 2.20. The first-order valence-corrected chi connectivity index (χ1v) is 6.29. The molecule has 0 spiro atoms. The van der Waals surface area contributed by atoms with Crippen LogP contribution < -0.4 is 11.3 Å². The predicted molar refractivity (Wildman–Crippen MR) is 68.6 cm³/mol. The van der Waals surface area contributed by atoms with E-state index in [-0.39, 0.29) is 6.04 Å². The topological polar surface area (TPSA) is 68.8 Å². The average Bonchev–Trinajstić information content (AvgIpc) is 2.83. The monoisotopic (exact) mass is 251 g/mol. The van der Waals surface area contributed by atoms with Crippen LogP contribution in [0.5, 0.6) is 0 Å². The van der Waals surface area contributed by atoms with Gasteiger partial charge in [0.1, 0.15) is 12.2 Å². The Morgan fingerprint density at radius 1 is 1.53 bits per heavy atom. The molecular weight excluding hydrogens is 234 g/mol. The van der Waals surface area contributed by atoms with E-state index in [9.17, 15) is 0 Å². The summed E-state index contributed by atoms with van der Waals surface area (Å²) in [5.41, 5.74) is 4.16. The summed E-state index contributed by atoms with van der Waals surface area (Å²) in [6.07, 6.45) is 2.31. The summed E-state index contributed by atoms with van der Waals surface area (Å²) in [7, 11) is 1.89. The number of thiophene rings is 1. The zero-order valence-electron chi connectivity index (χ0n) is 10.3. The van der Waals surface area contributed by atoms with E-state index in [1.54, 1.807) is 22.3 Å². The summed E-state index contributed by atoms with van der Waals surface area (Å²) in [4.78, 5) is 6.79. The van der Waals surface area contributed by atoms with Crippen molar-refractivity contribution in [3.8, 4) is 0 Å². The average molecular weight is 251 g/mol. The van der Waals surface area contributed by atoms with Crippen LogP contribution in [0.3, 0.4) is 0 Å². The number of hydrazine groups is 1. The molecule has 2 heterocycles. The number of nitrogens with one attached hydrogen (secondary N) is 1. The summed E-state index contributed by atoms with van der Waals surface area (Å²) in [5, 5.41) is 4.06. The number of hydrogen-bond donors (Lipinski definition) is 2. The lowest BCUT2D eigenvalue weighted by Gasteiger charge is -2.13. The molecule has 2 aromatic rings. The number of aromatic nitrogens is 3. The third-order valence-electron chi connectivity index (χ3n) is 2.92. The maximum atomic E-state index is 5.63. The van der Waals surface area contributed by atoms with E-state index in [2.05, 4.69) is 35.4 Å². The van der Waals surface area contributed by atoms with Crippen molar-refractivity contribution in [1.82, 2.24) is 20.2 Å². The van der Waals surface area contributed by atoms with E-state index in [1.807, 2.05) is 7.05 Å². The minimum Gasteiger partial charge on any atom is -0.271 e. The van der Waals surface area contributed by atoms with Gasteiger partial charge < -0.3 is 0 Å². The number of hydrogen-bond acceptors (Lipinski definition) is 5. The minimum atomic E-state index is 0.0929. The fraction of sp³-hybridized carbons (Fsp3) is 0.455. The Kier molecular flexibility index (Phi) is 3.56. The second-order valence-electron chi connectivity index (χ2n) is 4.11. The SMILES string of the molecule is Cc1cc(C(Cc2ncnn2C)NN)sc1C. The molecule has 1 unspecified atom stereocenters. The molecule has 0 amide bonds. The highest BCUT2D eigenvalue weighted by Crippen LogP contribution is 2.27. The number of aryl methyl sites for hydroxylation is 3. The van der Waals surface area contributed by atoms with Gasteiger partial charge in [0.25, 0.3) is 0 Å². The fourth-order valence-electron chi connectivity index (χ4n) is 1.70. The van der Waals surface area contributed by atoms with Gasteiger partial charge in [-0.1, -0.05) is 0 Å². The maximum Gasteiger partial charge on any atom is 0.138 e. The van der Waals surface area contributed by atoms with Crippen LogP contribution in [0.15, 0.2) is 12.4 Å². The van der Waals surface area contributed by atoms with E-state index >= 15 is 0 Å². The lowest BCUT2D eigenvalue weighted by molar-refractivity contribution is 0.530. The zero-order chi connectivity index (χ0) is 12.4. The molecular formula is C11H17N5S. The highest BCUT2D eigenvalue weighted by atomic mass is 32.1. The quantitative estimate of drug-likeness (QED) is 0.633. The Bertz CT molecular complexity index is 482. The minimum absolute atomic E-state index is 0.0929. The molecule has 2 rings (SSSR count). The van der Waals surface area contributed by atoms with Gasteiger partial charge in [-0.15, -0.1) is 11.3 Å². The predicted octanol–water partition coefficient (Wildman–Crippen LogP) is 1.24. The normalized spacial score (nSPS) is 12.9. The lowest BCUT2D eigenvalue weighted by Crippen LogP contribution is -2.29. The fourth-order valence-corrected chi connectivity index (χ4v) is 2.81. The van der Waals surface area contributed by atoms with Crippen molar-refractivity contribution in [2.45, 2.75) is 26.3 Å². The van der Waals surface area contributed by atoms with Gasteiger partial charge in [-0.05, 0) is 25.5 Å². The summed E-state index contributed by atoms with van der Waals surface area (Å²) < 4.78 is 1.78. The molecule has 0 saturated heterocycles. The van der Waals surface area contributed by atoms with Crippen LogP contribution in [0.4, 0.5) is 0 Å². The van der Waals surface area contributed by atoms with Crippen LogP contribution in [0.2, 0.25) is 0 Å². The summed E-state index contributed by atoms with van der Waals surface area (Å²) in [6.45, 7) is 4.24. The van der Waals surface area contributed by atoms with Gasteiger partial charge in [-0.3, -0.25) is 16.0 Å². The second kappa shape index (κ2) is 4.95. The Labute approximate surface area is 105 Å². The molecule has 2 aromatic heterocycles. The van der Waals surface area contributed by atoms with Gasteiger partial charge in [0, 0.05) is 23.2 Å². The molecule has 0 bridgehead atoms. The van der Waals surface area contributed by atoms with E-state index in [4.69, 9.17) is 5.84 Å². The van der Waals surface area contributed by atoms with Crippen LogP contribution >= 0.6 is 11.3 Å². The van der Waals surface area contributed by atoms with Gasteiger partial charge in [0.05, 0.1) is 6.04 Å². The molecule has 0 aliphatic carbocycles. The molecule has 5 nitrogen and oxygen atoms in total. The van der Waals surface area contributed by atoms with Crippen LogP contribution in [-0.4, -0.2) is 14.8 Å². The third-order valence-corrected chi connectivity index (χ3v) is 4.19. The van der Waals surface area contributed by atoms with E-state index in [1.165, 1.54) is 15.3 Å². The lowest BCUT2D eigenvalue weighted by atomic mass is 10.1. The summed E-state index contributed by atoms with van der Waals surface area (Å²) in [6, 6.07) is 2.27. The molecule has 0 aliphatic rings. The van der Waals surface area contributed by atoms with Crippen molar-refractivity contribution < 1.29 is 0 Å². The van der Waals surface area contributed by atoms with Crippen LogP contribution in [0.25, 0.3) is 0 Å². The first kappa shape index (κ1) is 12.2. The molecule has 0 aromatic carbocycles. The second-order valence-corrected chi connectivity index (χ2v) is 5.40. The van der Waals surface area contributed by atoms with Crippen molar-refractivity contribution in [3.05, 3.63) is 33.5 Å². The number of nitrogens with zero attached hydrogens (tertiary/aromatic N) is 3. The Morgan fingerprint density at radius 2 is 2.29 bits per heavy atom. The molecule has 92 valence electrons. The van der Waals surface area contributed by atoms with E-state index in [0.29, 0.717) is 0 Å². The molecule has 0 fully saturated rings. The smallest absolute Gasteiger partial charge is 0.138 e. The first-order chi connectivity index (χ1) is 8.11. The van der Waals surface area contributed by atoms with Gasteiger partial charge >= 0.3 is 0 Å². The molecule has 6 heteroatoms. The van der Waals surface area contributed by atoms with Gasteiger partial charge in [-0.25, -0.2) is 4.98 Å². The van der Waals surface area contributed by atoms with Crippen LogP contribution in [-0.2, 0) is 13.5 Å². The highest BCUT2D eigenvalue weighted by Gasteiger charge is 2.16. The molecule has 1 atom stereocenters. The first-order valence-electron chi connectivity index (χ1n) is 5.47. The highest BCUT2D eigenvalue weighted by molar-refractivity contribution is 7.12. The molecule has 0 radical (unpaired) electrons. The van der Waals surface area contributed by atoms with Crippen molar-refractivity contribution in [1.29, 1.82) is 0 Å². The third kappa shape index (κ3) is 2.54. The van der Waals surface area contributed by atoms with Gasteiger partial charge in [-0.2, -0.15) is 5.10 Å². The Hall–Kier alpha value is -1.24. The van der Waals surface area contributed by atoms with Crippen molar-refractivity contribution in [2.24, 2.45) is 12.9 Å². The van der Waals surface area contributed by atoms with Crippen LogP contribution in [0.1, 0.15) is 27.2 Å². The molecule has 0 saturated carbocycles. The zero-order valence-corrected chi connectivity index (χ0v) is 11.1. The van der Waals surface area contributed by atoms with Crippen molar-refractivity contribution in [3.63, 3.8) is 0 Å². The van der Waals surface area contributed by atoms with Crippen molar-refractivity contribution >= 4 is 11.3 Å². The van der Waals surface area contributed by atoms with Gasteiger partial charge in [0.15, 0.2) is 0 Å². The molecule has 17 heavy (non-hydrogen) atoms. The summed E-state index contributed by atoms with van der Waals surface area (Å²) in [5.74, 6) is 6.56. The molecule has 0 aliphatic heterocycles. The van der Waals surface area contributed by atoms with Gasteiger partial charge in [0.2, 0.25) is 0 Å². The summed E-state index contributed by atoms with van der Waals surface area (Å²) >= 11 is 1.77. The van der Waals surface area contributed by atoms with Crippen molar-refractivity contribution in [2.75, 3.05) is 0 Å². The Morgan fingerprint density at radius 3 is 2.76 bits per heavy atom. The van der Waals surface area contributed by atoms with Crippen LogP contribution in [0, 0.1) is 13.8 Å². The van der Waals surface area contributed by atoms with E-state index in [0.717, 1.165) is 12.2 Å².